The fourth-order valence-electron chi connectivity index (χ4n) is 3.59. The minimum absolute atomic E-state index is 0.202. The van der Waals surface area contributed by atoms with Crippen molar-refractivity contribution in [2.45, 2.75) is 61.0 Å². The third-order valence-corrected chi connectivity index (χ3v) is 5.94. The second kappa shape index (κ2) is 5.96. The molecule has 0 saturated carbocycles. The van der Waals surface area contributed by atoms with Gasteiger partial charge in [0.15, 0.2) is 0 Å². The first-order chi connectivity index (χ1) is 10.3. The lowest BCUT2D eigenvalue weighted by Gasteiger charge is -2.44. The monoisotopic (exact) mass is 332 g/mol. The molecule has 2 fully saturated rings. The van der Waals surface area contributed by atoms with Gasteiger partial charge in [0.05, 0.1) is 5.60 Å². The first-order valence-electron chi connectivity index (χ1n) is 7.54. The summed E-state index contributed by atoms with van der Waals surface area (Å²) in [5.74, 6) is -0.202. The van der Waals surface area contributed by atoms with Gasteiger partial charge in [-0.05, 0) is 37.3 Å². The van der Waals surface area contributed by atoms with Crippen LogP contribution in [0.2, 0.25) is 0 Å². The Morgan fingerprint density at radius 2 is 1.82 bits per heavy atom. The maximum absolute atomic E-state index is 12.5. The van der Waals surface area contributed by atoms with Crippen LogP contribution in [0, 0.1) is 0 Å². The number of aliphatic hydroxyl groups is 1. The van der Waals surface area contributed by atoms with Gasteiger partial charge in [0.1, 0.15) is 5.75 Å². The molecule has 0 aromatic heterocycles. The molecule has 2 bridgehead atoms. The SMILES string of the molecule is OC1(Cc2ccccc2OC(F)(F)F)CC2CCCC(C1)S2. The molecule has 122 valence electrons. The Kier molecular flexibility index (Phi) is 4.34. The zero-order valence-electron chi connectivity index (χ0n) is 12.1. The van der Waals surface area contributed by atoms with Crippen molar-refractivity contribution in [3.63, 3.8) is 0 Å². The Bertz CT molecular complexity index is 520. The molecule has 0 radical (unpaired) electrons. The van der Waals surface area contributed by atoms with E-state index in [2.05, 4.69) is 4.74 Å². The van der Waals surface area contributed by atoms with Crippen LogP contribution in [0.25, 0.3) is 0 Å². The van der Waals surface area contributed by atoms with Crippen LogP contribution in [0.3, 0.4) is 0 Å². The molecule has 2 aliphatic heterocycles. The molecule has 1 aromatic rings. The van der Waals surface area contributed by atoms with Gasteiger partial charge in [-0.1, -0.05) is 24.6 Å². The Morgan fingerprint density at radius 1 is 1.18 bits per heavy atom. The van der Waals surface area contributed by atoms with E-state index >= 15 is 0 Å². The van der Waals surface area contributed by atoms with Crippen LogP contribution in [-0.2, 0) is 6.42 Å². The van der Waals surface area contributed by atoms with E-state index in [1.165, 1.54) is 18.6 Å². The van der Waals surface area contributed by atoms with E-state index in [9.17, 15) is 18.3 Å². The van der Waals surface area contributed by atoms with Gasteiger partial charge < -0.3 is 9.84 Å². The fraction of sp³-hybridized carbons (Fsp3) is 0.625. The van der Waals surface area contributed by atoms with E-state index in [0.29, 0.717) is 28.9 Å². The van der Waals surface area contributed by atoms with E-state index in [1.807, 2.05) is 11.8 Å². The minimum atomic E-state index is -4.71. The first-order valence-corrected chi connectivity index (χ1v) is 8.49. The summed E-state index contributed by atoms with van der Waals surface area (Å²) in [6.07, 6.45) is 0.161. The van der Waals surface area contributed by atoms with Crippen LogP contribution < -0.4 is 4.74 Å². The van der Waals surface area contributed by atoms with Crippen LogP contribution >= 0.6 is 11.8 Å². The van der Waals surface area contributed by atoms with Gasteiger partial charge in [-0.15, -0.1) is 13.2 Å². The lowest BCUT2D eigenvalue weighted by molar-refractivity contribution is -0.275. The van der Waals surface area contributed by atoms with Gasteiger partial charge >= 0.3 is 6.36 Å². The number of fused-ring (bicyclic) bond motifs is 2. The summed E-state index contributed by atoms with van der Waals surface area (Å²) in [4.78, 5) is 0. The summed E-state index contributed by atoms with van der Waals surface area (Å²) in [5, 5.41) is 11.8. The summed E-state index contributed by atoms with van der Waals surface area (Å²) in [5.41, 5.74) is -0.501. The summed E-state index contributed by atoms with van der Waals surface area (Å²) in [6, 6.07) is 6.11. The molecule has 2 nitrogen and oxygen atoms in total. The molecule has 0 aliphatic carbocycles. The van der Waals surface area contributed by atoms with E-state index in [-0.39, 0.29) is 12.2 Å². The standard InChI is InChI=1S/C16H19F3O2S/c17-16(18,19)21-14-7-2-1-4-11(14)8-15(20)9-12-5-3-6-13(10-15)22-12/h1-2,4,7,12-13,20H,3,5-6,8-10H2. The highest BCUT2D eigenvalue weighted by Gasteiger charge is 2.42. The average Bonchev–Trinajstić information content (AvgIpc) is 2.38. The number of rotatable bonds is 3. The van der Waals surface area contributed by atoms with Crippen molar-refractivity contribution in [3.8, 4) is 5.75 Å². The van der Waals surface area contributed by atoms with Crippen molar-refractivity contribution >= 4 is 11.8 Å². The molecule has 0 amide bonds. The van der Waals surface area contributed by atoms with Crippen molar-refractivity contribution in [1.29, 1.82) is 0 Å². The molecule has 2 aliphatic rings. The molecule has 1 N–H and O–H groups in total. The van der Waals surface area contributed by atoms with Crippen molar-refractivity contribution in [1.82, 2.24) is 0 Å². The highest BCUT2D eigenvalue weighted by molar-refractivity contribution is 8.00. The quantitative estimate of drug-likeness (QED) is 0.894. The largest absolute Gasteiger partial charge is 0.573 e. The van der Waals surface area contributed by atoms with Crippen molar-refractivity contribution in [3.05, 3.63) is 29.8 Å². The predicted molar refractivity (Wildman–Crippen MR) is 80.0 cm³/mol. The zero-order valence-corrected chi connectivity index (χ0v) is 12.9. The number of halogens is 3. The number of para-hydroxylation sites is 1. The van der Waals surface area contributed by atoms with Gasteiger partial charge in [0, 0.05) is 16.9 Å². The highest BCUT2D eigenvalue weighted by atomic mass is 32.2. The molecule has 22 heavy (non-hydrogen) atoms. The van der Waals surface area contributed by atoms with E-state index < -0.39 is 12.0 Å². The van der Waals surface area contributed by atoms with Crippen LogP contribution in [-0.4, -0.2) is 27.6 Å². The lowest BCUT2D eigenvalue weighted by Crippen LogP contribution is -2.44. The van der Waals surface area contributed by atoms with Crippen LogP contribution in [0.4, 0.5) is 13.2 Å². The normalized spacial score (nSPS) is 31.8. The van der Waals surface area contributed by atoms with Crippen LogP contribution in [0.15, 0.2) is 24.3 Å². The van der Waals surface area contributed by atoms with Gasteiger partial charge in [0.25, 0.3) is 0 Å². The van der Waals surface area contributed by atoms with Gasteiger partial charge in [-0.2, -0.15) is 11.8 Å². The van der Waals surface area contributed by atoms with Gasteiger partial charge in [-0.25, -0.2) is 0 Å². The zero-order chi connectivity index (χ0) is 15.8. The highest BCUT2D eigenvalue weighted by Crippen LogP contribution is 2.47. The predicted octanol–water partition coefficient (Wildman–Crippen LogP) is 4.31. The molecule has 0 spiro atoms. The Morgan fingerprint density at radius 3 is 2.45 bits per heavy atom. The fourth-order valence-corrected chi connectivity index (χ4v) is 5.55. The lowest BCUT2D eigenvalue weighted by atomic mass is 9.81. The van der Waals surface area contributed by atoms with E-state index in [4.69, 9.17) is 0 Å². The molecule has 2 saturated heterocycles. The number of hydrogen-bond acceptors (Lipinski definition) is 3. The smallest absolute Gasteiger partial charge is 0.406 e. The summed E-state index contributed by atoms with van der Waals surface area (Å²) in [6.45, 7) is 0. The van der Waals surface area contributed by atoms with Crippen molar-refractivity contribution in [2.24, 2.45) is 0 Å². The average molecular weight is 332 g/mol. The van der Waals surface area contributed by atoms with Crippen LogP contribution in [0.1, 0.15) is 37.7 Å². The molecular weight excluding hydrogens is 313 g/mol. The maximum Gasteiger partial charge on any atom is 0.573 e. The Hall–Kier alpha value is -0.880. The summed E-state index contributed by atoms with van der Waals surface area (Å²) >= 11 is 1.93. The topological polar surface area (TPSA) is 29.5 Å². The van der Waals surface area contributed by atoms with Gasteiger partial charge in [0.2, 0.25) is 0 Å². The van der Waals surface area contributed by atoms with E-state index in [0.717, 1.165) is 12.8 Å². The number of ether oxygens (including phenoxy) is 1. The first kappa shape index (κ1) is 16.0. The molecule has 2 atom stereocenters. The molecule has 2 heterocycles. The molecular formula is C16H19F3O2S. The Balaban J connectivity index is 1.77. The molecule has 1 aromatic carbocycles. The van der Waals surface area contributed by atoms with Gasteiger partial charge in [-0.3, -0.25) is 0 Å². The number of alkyl halides is 3. The summed E-state index contributed by atoms with van der Waals surface area (Å²) < 4.78 is 41.6. The second-order valence-corrected chi connectivity index (χ2v) is 7.88. The minimum Gasteiger partial charge on any atom is -0.406 e. The van der Waals surface area contributed by atoms with Crippen molar-refractivity contribution in [2.75, 3.05) is 0 Å². The maximum atomic E-state index is 12.5. The Labute approximate surface area is 132 Å². The van der Waals surface area contributed by atoms with E-state index in [1.54, 1.807) is 12.1 Å². The number of thioether (sulfide) groups is 1. The molecule has 3 rings (SSSR count). The molecule has 6 heteroatoms. The van der Waals surface area contributed by atoms with Crippen molar-refractivity contribution < 1.29 is 23.0 Å². The number of hydrogen-bond donors (Lipinski definition) is 1. The third-order valence-electron chi connectivity index (χ3n) is 4.37. The second-order valence-electron chi connectivity index (χ2n) is 6.28. The third kappa shape index (κ3) is 3.90. The number of benzene rings is 1. The molecule has 2 unspecified atom stereocenters. The summed E-state index contributed by atoms with van der Waals surface area (Å²) in [7, 11) is 0. The van der Waals surface area contributed by atoms with Crippen LogP contribution in [0.5, 0.6) is 5.75 Å².